The summed E-state index contributed by atoms with van der Waals surface area (Å²) in [6.45, 7) is 5.15. The molecule has 0 radical (unpaired) electrons. The van der Waals surface area contributed by atoms with Crippen molar-refractivity contribution < 1.29 is 19.5 Å². The van der Waals surface area contributed by atoms with E-state index in [1.165, 1.54) is 0 Å². The van der Waals surface area contributed by atoms with Crippen molar-refractivity contribution in [2.24, 2.45) is 0 Å². The van der Waals surface area contributed by atoms with Gasteiger partial charge in [0.2, 0.25) is 0 Å². The Labute approximate surface area is 154 Å². The molecule has 1 N–H and O–H groups in total. The lowest BCUT2D eigenvalue weighted by Gasteiger charge is -2.21. The molecule has 0 fully saturated rings. The number of aryl methyl sites for hydroxylation is 1. The SMILES string of the molecule is CC1=C(C)C(=O)C(c2ccccc2CCCCCCC(=O)O)=C(C)C1=O. The first-order valence-electron chi connectivity index (χ1n) is 9.12. The number of unbranched alkanes of at least 4 members (excludes halogenated alkanes) is 3. The van der Waals surface area contributed by atoms with Gasteiger partial charge in [-0.1, -0.05) is 37.1 Å². The van der Waals surface area contributed by atoms with Crippen LogP contribution < -0.4 is 0 Å². The van der Waals surface area contributed by atoms with Crippen LogP contribution in [0, 0.1) is 0 Å². The van der Waals surface area contributed by atoms with E-state index < -0.39 is 5.97 Å². The summed E-state index contributed by atoms with van der Waals surface area (Å²) in [5.41, 5.74) is 4.02. The highest BCUT2D eigenvalue weighted by molar-refractivity contribution is 6.39. The van der Waals surface area contributed by atoms with E-state index in [1.807, 2.05) is 24.3 Å². The van der Waals surface area contributed by atoms with Crippen LogP contribution in [-0.4, -0.2) is 22.6 Å². The van der Waals surface area contributed by atoms with Gasteiger partial charge in [-0.05, 0) is 51.2 Å². The van der Waals surface area contributed by atoms with Gasteiger partial charge >= 0.3 is 5.97 Å². The van der Waals surface area contributed by atoms with Crippen LogP contribution in [0.3, 0.4) is 0 Å². The van der Waals surface area contributed by atoms with Gasteiger partial charge in [-0.3, -0.25) is 14.4 Å². The summed E-state index contributed by atoms with van der Waals surface area (Å²) < 4.78 is 0. The van der Waals surface area contributed by atoms with Crippen molar-refractivity contribution in [3.63, 3.8) is 0 Å². The first-order valence-corrected chi connectivity index (χ1v) is 9.12. The first-order chi connectivity index (χ1) is 12.3. The molecule has 0 saturated heterocycles. The number of benzene rings is 1. The maximum absolute atomic E-state index is 12.8. The molecule has 0 amide bonds. The number of carbonyl (C=O) groups excluding carboxylic acids is 2. The molecule has 0 aromatic heterocycles. The molecule has 1 aliphatic carbocycles. The van der Waals surface area contributed by atoms with Gasteiger partial charge in [0.25, 0.3) is 0 Å². The minimum absolute atomic E-state index is 0.0550. The number of carboxylic acids is 1. The zero-order chi connectivity index (χ0) is 19.3. The number of Topliss-reactive ketones (excluding diaryl/α,β-unsaturated/α-hetero) is 2. The summed E-state index contributed by atoms with van der Waals surface area (Å²) in [4.78, 5) is 35.8. The fourth-order valence-electron chi connectivity index (χ4n) is 3.34. The van der Waals surface area contributed by atoms with E-state index in [2.05, 4.69) is 0 Å². The topological polar surface area (TPSA) is 71.4 Å². The number of allylic oxidation sites excluding steroid dienone is 4. The second-order valence-corrected chi connectivity index (χ2v) is 6.87. The van der Waals surface area contributed by atoms with Crippen LogP contribution in [0.25, 0.3) is 5.57 Å². The molecule has 0 heterocycles. The van der Waals surface area contributed by atoms with Crippen LogP contribution in [0.15, 0.2) is 41.0 Å². The van der Waals surface area contributed by atoms with Gasteiger partial charge in [0.1, 0.15) is 0 Å². The van der Waals surface area contributed by atoms with Crippen molar-refractivity contribution in [3.8, 4) is 0 Å². The Kier molecular flexibility index (Phi) is 6.67. The van der Waals surface area contributed by atoms with E-state index in [-0.39, 0.29) is 18.0 Å². The molecule has 0 bridgehead atoms. The molecule has 0 unspecified atom stereocenters. The molecule has 26 heavy (non-hydrogen) atoms. The molecular formula is C22H26O4. The highest BCUT2D eigenvalue weighted by Crippen LogP contribution is 2.33. The predicted molar refractivity (Wildman–Crippen MR) is 102 cm³/mol. The summed E-state index contributed by atoms with van der Waals surface area (Å²) in [7, 11) is 0. The maximum Gasteiger partial charge on any atom is 0.303 e. The quantitative estimate of drug-likeness (QED) is 0.550. The molecule has 0 aliphatic heterocycles. The average molecular weight is 354 g/mol. The summed E-state index contributed by atoms with van der Waals surface area (Å²) in [6, 6.07) is 7.76. The van der Waals surface area contributed by atoms with Crippen LogP contribution >= 0.6 is 0 Å². The van der Waals surface area contributed by atoms with Crippen LogP contribution in [-0.2, 0) is 20.8 Å². The summed E-state index contributed by atoms with van der Waals surface area (Å²) in [5.74, 6) is -0.869. The van der Waals surface area contributed by atoms with E-state index in [1.54, 1.807) is 20.8 Å². The zero-order valence-electron chi connectivity index (χ0n) is 15.7. The van der Waals surface area contributed by atoms with Crippen molar-refractivity contribution in [2.45, 2.75) is 59.3 Å². The Morgan fingerprint density at radius 1 is 0.846 bits per heavy atom. The van der Waals surface area contributed by atoms with E-state index in [0.29, 0.717) is 28.7 Å². The van der Waals surface area contributed by atoms with Crippen molar-refractivity contribution in [3.05, 3.63) is 52.1 Å². The number of rotatable bonds is 8. The second kappa shape index (κ2) is 8.75. The Hall–Kier alpha value is -2.49. The molecule has 0 saturated carbocycles. The Balaban J connectivity index is 2.15. The van der Waals surface area contributed by atoms with E-state index >= 15 is 0 Å². The molecule has 0 atom stereocenters. The largest absolute Gasteiger partial charge is 0.481 e. The highest BCUT2D eigenvalue weighted by Gasteiger charge is 2.29. The van der Waals surface area contributed by atoms with E-state index in [4.69, 9.17) is 5.11 Å². The average Bonchev–Trinajstić information content (AvgIpc) is 2.62. The lowest BCUT2D eigenvalue weighted by Crippen LogP contribution is -2.20. The number of hydrogen-bond donors (Lipinski definition) is 1. The van der Waals surface area contributed by atoms with Gasteiger partial charge in [-0.25, -0.2) is 0 Å². The van der Waals surface area contributed by atoms with Crippen LogP contribution in [0.1, 0.15) is 64.0 Å². The molecule has 1 aromatic rings. The summed E-state index contributed by atoms with van der Waals surface area (Å²) >= 11 is 0. The first kappa shape index (κ1) is 19.8. The smallest absolute Gasteiger partial charge is 0.303 e. The summed E-state index contributed by atoms with van der Waals surface area (Å²) in [5, 5.41) is 8.67. The third-order valence-corrected chi connectivity index (χ3v) is 5.06. The van der Waals surface area contributed by atoms with Gasteiger partial charge in [0.05, 0.1) is 0 Å². The third kappa shape index (κ3) is 4.37. The second-order valence-electron chi connectivity index (χ2n) is 6.87. The lowest BCUT2D eigenvalue weighted by atomic mass is 9.81. The predicted octanol–water partition coefficient (Wildman–Crippen LogP) is 4.53. The maximum atomic E-state index is 12.8. The van der Waals surface area contributed by atoms with Crippen LogP contribution in [0.4, 0.5) is 0 Å². The number of ketones is 2. The molecule has 4 nitrogen and oxygen atoms in total. The molecule has 1 aromatic carbocycles. The van der Waals surface area contributed by atoms with Gasteiger partial charge in [0.15, 0.2) is 11.6 Å². The fourth-order valence-corrected chi connectivity index (χ4v) is 3.34. The number of carboxylic acid groups (broad SMARTS) is 1. The van der Waals surface area contributed by atoms with Crippen LogP contribution in [0.5, 0.6) is 0 Å². The van der Waals surface area contributed by atoms with Gasteiger partial charge < -0.3 is 5.11 Å². The molecule has 0 spiro atoms. The number of aliphatic carboxylic acids is 1. The van der Waals surface area contributed by atoms with E-state index in [0.717, 1.165) is 36.8 Å². The van der Waals surface area contributed by atoms with Gasteiger partial charge in [0, 0.05) is 28.7 Å². The monoisotopic (exact) mass is 354 g/mol. The minimum Gasteiger partial charge on any atom is -0.481 e. The van der Waals surface area contributed by atoms with Crippen LogP contribution in [0.2, 0.25) is 0 Å². The minimum atomic E-state index is -0.753. The molecule has 2 rings (SSSR count). The van der Waals surface area contributed by atoms with E-state index in [9.17, 15) is 14.4 Å². The third-order valence-electron chi connectivity index (χ3n) is 5.06. The normalized spacial score (nSPS) is 15.0. The number of carbonyl (C=O) groups is 3. The Morgan fingerprint density at radius 3 is 2.15 bits per heavy atom. The highest BCUT2D eigenvalue weighted by atomic mass is 16.4. The van der Waals surface area contributed by atoms with Crippen molar-refractivity contribution in [1.29, 1.82) is 0 Å². The summed E-state index contributed by atoms with van der Waals surface area (Å²) in [6.07, 6.45) is 4.48. The van der Waals surface area contributed by atoms with Gasteiger partial charge in [-0.15, -0.1) is 0 Å². The number of hydrogen-bond acceptors (Lipinski definition) is 3. The standard InChI is InChI=1S/C22H26O4/c1-14-15(2)22(26)20(16(3)21(14)25)18-12-9-8-11-17(18)10-6-4-5-7-13-19(23)24/h8-9,11-12H,4-7,10,13H2,1-3H3,(H,23,24). The Morgan fingerprint density at radius 2 is 1.46 bits per heavy atom. The molecule has 1 aliphatic rings. The lowest BCUT2D eigenvalue weighted by molar-refractivity contribution is -0.137. The molecule has 138 valence electrons. The van der Waals surface area contributed by atoms with Crippen molar-refractivity contribution in [1.82, 2.24) is 0 Å². The van der Waals surface area contributed by atoms with Crippen molar-refractivity contribution in [2.75, 3.05) is 0 Å². The van der Waals surface area contributed by atoms with Gasteiger partial charge in [-0.2, -0.15) is 0 Å². The Bertz CT molecular complexity index is 796. The molecular weight excluding hydrogens is 328 g/mol. The zero-order valence-corrected chi connectivity index (χ0v) is 15.7. The molecule has 4 heteroatoms. The van der Waals surface area contributed by atoms with Crippen molar-refractivity contribution >= 4 is 23.1 Å². The fraction of sp³-hybridized carbons (Fsp3) is 0.409.